The standard InChI is InChI=1S/C23H20F3N7O2/c1-12-14-10-28-33(17(14)7-16(29-12)15-9-27-6-5-19(15)34-4)20-8-18-21(30-13(2)32(18)3)22(31-20)35-11-23(24,25)26/h5-10H,11H2,1-4H3. The second-order valence-corrected chi connectivity index (χ2v) is 7.93. The summed E-state index contributed by atoms with van der Waals surface area (Å²) in [6.07, 6.45) is 0.389. The normalized spacial score (nSPS) is 12.0. The number of rotatable bonds is 5. The van der Waals surface area contributed by atoms with Crippen molar-refractivity contribution in [1.82, 2.24) is 34.3 Å². The van der Waals surface area contributed by atoms with E-state index in [2.05, 4.69) is 25.0 Å². The van der Waals surface area contributed by atoms with Crippen LogP contribution in [0.15, 0.2) is 36.8 Å². The van der Waals surface area contributed by atoms with E-state index >= 15 is 0 Å². The first-order valence-corrected chi connectivity index (χ1v) is 10.5. The Balaban J connectivity index is 1.71. The molecule has 0 spiro atoms. The quantitative estimate of drug-likeness (QED) is 0.367. The van der Waals surface area contributed by atoms with Crippen LogP contribution in [0.3, 0.4) is 0 Å². The molecule has 0 aliphatic heterocycles. The molecule has 180 valence electrons. The van der Waals surface area contributed by atoms with Crippen molar-refractivity contribution in [2.45, 2.75) is 20.0 Å². The van der Waals surface area contributed by atoms with E-state index in [0.717, 1.165) is 5.39 Å². The minimum atomic E-state index is -4.52. The summed E-state index contributed by atoms with van der Waals surface area (Å²) in [6, 6.07) is 5.26. The molecule has 0 aliphatic rings. The minimum Gasteiger partial charge on any atom is -0.496 e. The van der Waals surface area contributed by atoms with Crippen LogP contribution in [0.2, 0.25) is 0 Å². The molecule has 5 heterocycles. The number of alkyl halides is 3. The van der Waals surface area contributed by atoms with E-state index in [1.807, 2.05) is 13.0 Å². The molecule has 0 unspecified atom stereocenters. The van der Waals surface area contributed by atoms with Gasteiger partial charge in [-0.2, -0.15) is 23.3 Å². The van der Waals surface area contributed by atoms with Crippen molar-refractivity contribution in [2.24, 2.45) is 7.05 Å². The lowest BCUT2D eigenvalue weighted by molar-refractivity contribution is -0.153. The first kappa shape index (κ1) is 22.6. The molecule has 5 rings (SSSR count). The molecule has 5 aromatic rings. The third-order valence-corrected chi connectivity index (χ3v) is 5.67. The van der Waals surface area contributed by atoms with Crippen LogP contribution in [0.4, 0.5) is 13.2 Å². The smallest absolute Gasteiger partial charge is 0.422 e. The van der Waals surface area contributed by atoms with Crippen molar-refractivity contribution >= 4 is 21.9 Å². The maximum Gasteiger partial charge on any atom is 0.422 e. The number of hydrogen-bond donors (Lipinski definition) is 0. The van der Waals surface area contributed by atoms with Gasteiger partial charge in [-0.15, -0.1) is 0 Å². The third-order valence-electron chi connectivity index (χ3n) is 5.67. The fourth-order valence-corrected chi connectivity index (χ4v) is 3.87. The van der Waals surface area contributed by atoms with Crippen LogP contribution in [-0.4, -0.2) is 54.2 Å². The van der Waals surface area contributed by atoms with Gasteiger partial charge in [-0.05, 0) is 26.0 Å². The summed E-state index contributed by atoms with van der Waals surface area (Å²) in [5.41, 5.74) is 3.47. The average Bonchev–Trinajstić information content (AvgIpc) is 3.38. The van der Waals surface area contributed by atoms with Gasteiger partial charge in [-0.1, -0.05) is 0 Å². The van der Waals surface area contributed by atoms with Crippen LogP contribution in [0.25, 0.3) is 39.0 Å². The first-order valence-electron chi connectivity index (χ1n) is 10.5. The Morgan fingerprint density at radius 3 is 2.57 bits per heavy atom. The zero-order valence-electron chi connectivity index (χ0n) is 19.3. The average molecular weight is 483 g/mol. The second-order valence-electron chi connectivity index (χ2n) is 7.93. The zero-order chi connectivity index (χ0) is 24.9. The van der Waals surface area contributed by atoms with Crippen molar-refractivity contribution < 1.29 is 22.6 Å². The lowest BCUT2D eigenvalue weighted by Crippen LogP contribution is -2.20. The Hall–Kier alpha value is -4.22. The molecule has 0 saturated carbocycles. The summed E-state index contributed by atoms with van der Waals surface area (Å²) in [5.74, 6) is 1.27. The molecule has 0 fully saturated rings. The maximum atomic E-state index is 12.9. The highest BCUT2D eigenvalue weighted by atomic mass is 19.4. The fraction of sp³-hybridized carbons (Fsp3) is 0.261. The maximum absolute atomic E-state index is 12.9. The van der Waals surface area contributed by atoms with E-state index < -0.39 is 12.8 Å². The van der Waals surface area contributed by atoms with Gasteiger partial charge in [0.05, 0.1) is 35.6 Å². The number of pyridine rings is 3. The van der Waals surface area contributed by atoms with Gasteiger partial charge >= 0.3 is 6.18 Å². The van der Waals surface area contributed by atoms with Crippen LogP contribution in [-0.2, 0) is 7.05 Å². The number of nitrogens with zero attached hydrogens (tertiary/aromatic N) is 7. The largest absolute Gasteiger partial charge is 0.496 e. The third kappa shape index (κ3) is 4.00. The molecule has 0 saturated heterocycles. The SMILES string of the molecule is COc1ccncc1-c1cc2c(cnn2-c2cc3c(nc(C)n3C)c(OCC(F)(F)F)n2)c(C)n1. The van der Waals surface area contributed by atoms with Gasteiger partial charge in [-0.3, -0.25) is 9.97 Å². The number of ether oxygens (including phenoxy) is 2. The van der Waals surface area contributed by atoms with Crippen molar-refractivity contribution in [3.63, 3.8) is 0 Å². The molecule has 9 nitrogen and oxygen atoms in total. The number of aromatic nitrogens is 7. The Labute approximate surface area is 197 Å². The van der Waals surface area contributed by atoms with Gasteiger partial charge in [0.1, 0.15) is 11.6 Å². The molecule has 12 heteroatoms. The van der Waals surface area contributed by atoms with Gasteiger partial charge in [0.2, 0.25) is 5.88 Å². The molecule has 0 amide bonds. The molecular weight excluding hydrogens is 463 g/mol. The minimum absolute atomic E-state index is 0.220. The number of fused-ring (bicyclic) bond motifs is 2. The van der Waals surface area contributed by atoms with E-state index in [1.54, 1.807) is 61.1 Å². The van der Waals surface area contributed by atoms with Crippen LogP contribution < -0.4 is 9.47 Å². The fourth-order valence-electron chi connectivity index (χ4n) is 3.87. The van der Waals surface area contributed by atoms with Crippen molar-refractivity contribution in [1.29, 1.82) is 0 Å². The Kier molecular flexibility index (Phi) is 5.30. The molecule has 5 aromatic heterocycles. The van der Waals surface area contributed by atoms with Gasteiger partial charge < -0.3 is 14.0 Å². The highest BCUT2D eigenvalue weighted by molar-refractivity contribution is 5.88. The molecule has 0 aliphatic carbocycles. The molecule has 0 atom stereocenters. The number of aryl methyl sites for hydroxylation is 3. The van der Waals surface area contributed by atoms with Gasteiger partial charge in [0, 0.05) is 36.6 Å². The number of methoxy groups -OCH3 is 1. The van der Waals surface area contributed by atoms with Crippen molar-refractivity contribution in [2.75, 3.05) is 13.7 Å². The Morgan fingerprint density at radius 2 is 1.83 bits per heavy atom. The van der Waals surface area contributed by atoms with E-state index in [9.17, 15) is 13.2 Å². The summed E-state index contributed by atoms with van der Waals surface area (Å²) in [7, 11) is 3.33. The molecule has 0 bridgehead atoms. The van der Waals surface area contributed by atoms with E-state index in [4.69, 9.17) is 9.47 Å². The van der Waals surface area contributed by atoms with Crippen LogP contribution in [0.5, 0.6) is 11.6 Å². The lowest BCUT2D eigenvalue weighted by atomic mass is 10.1. The Bertz CT molecular complexity index is 1570. The number of halogens is 3. The molecule has 0 radical (unpaired) electrons. The summed E-state index contributed by atoms with van der Waals surface area (Å²) < 4.78 is 52.5. The highest BCUT2D eigenvalue weighted by Crippen LogP contribution is 2.33. The van der Waals surface area contributed by atoms with Gasteiger partial charge in [-0.25, -0.2) is 9.67 Å². The predicted molar refractivity (Wildman–Crippen MR) is 122 cm³/mol. The molecule has 35 heavy (non-hydrogen) atoms. The predicted octanol–water partition coefficient (Wildman–Crippen LogP) is 4.33. The van der Waals surface area contributed by atoms with Crippen LogP contribution in [0, 0.1) is 13.8 Å². The summed E-state index contributed by atoms with van der Waals surface area (Å²) >= 11 is 0. The van der Waals surface area contributed by atoms with Crippen LogP contribution >= 0.6 is 0 Å². The van der Waals surface area contributed by atoms with Gasteiger partial charge in [0.25, 0.3) is 0 Å². The number of imidazole rings is 1. The van der Waals surface area contributed by atoms with Crippen molar-refractivity contribution in [3.05, 3.63) is 48.3 Å². The van der Waals surface area contributed by atoms with Gasteiger partial charge in [0.15, 0.2) is 17.9 Å². The Morgan fingerprint density at radius 1 is 1.03 bits per heavy atom. The summed E-state index contributed by atoms with van der Waals surface area (Å²) in [6.45, 7) is 2.11. The monoisotopic (exact) mass is 483 g/mol. The lowest BCUT2D eigenvalue weighted by Gasteiger charge is -2.12. The second kappa shape index (κ2) is 8.22. The van der Waals surface area contributed by atoms with E-state index in [1.165, 1.54) is 0 Å². The van der Waals surface area contributed by atoms with E-state index in [0.29, 0.717) is 39.6 Å². The number of hydrogen-bond acceptors (Lipinski definition) is 7. The van der Waals surface area contributed by atoms with Crippen molar-refractivity contribution in [3.8, 4) is 28.7 Å². The van der Waals surface area contributed by atoms with E-state index in [-0.39, 0.29) is 17.2 Å². The molecule has 0 N–H and O–H groups in total. The highest BCUT2D eigenvalue weighted by Gasteiger charge is 2.30. The molecular formula is C23H20F3N7O2. The first-order chi connectivity index (χ1) is 16.7. The van der Waals surface area contributed by atoms with Crippen LogP contribution in [0.1, 0.15) is 11.5 Å². The summed E-state index contributed by atoms with van der Waals surface area (Å²) in [5, 5.41) is 5.22. The zero-order valence-corrected chi connectivity index (χ0v) is 19.3. The molecule has 0 aromatic carbocycles. The summed E-state index contributed by atoms with van der Waals surface area (Å²) in [4.78, 5) is 17.5. The topological polar surface area (TPSA) is 92.8 Å².